The number of carbonyl (C=O) groups excluding carboxylic acids is 4. The van der Waals surface area contributed by atoms with E-state index in [0.717, 1.165) is 41.6 Å². The highest BCUT2D eigenvalue weighted by Gasteiger charge is 2.37. The van der Waals surface area contributed by atoms with Crippen molar-refractivity contribution in [3.05, 3.63) is 165 Å². The van der Waals surface area contributed by atoms with E-state index in [1.165, 1.54) is 9.80 Å². The maximum absolute atomic E-state index is 14.5. The van der Waals surface area contributed by atoms with Crippen molar-refractivity contribution in [3.8, 4) is 11.5 Å². The highest BCUT2D eigenvalue weighted by molar-refractivity contribution is 9.10. The Kier molecular flexibility index (Phi) is 14.4. The maximum atomic E-state index is 14.5. The summed E-state index contributed by atoms with van der Waals surface area (Å²) in [5.41, 5.74) is 17.4. The number of para-hydroxylation sites is 4. The van der Waals surface area contributed by atoms with Gasteiger partial charge in [0.25, 0.3) is 11.8 Å². The molecule has 7 aromatic rings. The molecule has 338 valence electrons. The number of rotatable bonds is 8. The molecule has 0 aromatic heterocycles. The Bertz CT molecular complexity index is 2830. The number of anilines is 4. The highest BCUT2D eigenvalue weighted by Crippen LogP contribution is 2.40. The number of nitrogens with two attached hydrogens (primary N) is 2. The predicted octanol–water partition coefficient (Wildman–Crippen LogP) is 9.42. The molecule has 0 saturated carbocycles. The van der Waals surface area contributed by atoms with Gasteiger partial charge in [-0.05, 0) is 106 Å². The van der Waals surface area contributed by atoms with Crippen LogP contribution in [0.1, 0.15) is 31.8 Å². The molecule has 4 amide bonds. The Balaban J connectivity index is 0.00000324. The third kappa shape index (κ3) is 8.84. The first-order valence-corrected chi connectivity index (χ1v) is 22.1. The molecule has 0 bridgehead atoms. The minimum absolute atomic E-state index is 0. The number of fused-ring (bicyclic) bond motifs is 4. The number of hydrogen-bond donors (Lipinski definition) is 2. The van der Waals surface area contributed by atoms with Crippen molar-refractivity contribution in [3.63, 3.8) is 0 Å². The second-order valence-electron chi connectivity index (χ2n) is 15.7. The largest absolute Gasteiger partial charge is 0.496 e. The van der Waals surface area contributed by atoms with Gasteiger partial charge in [0, 0.05) is 31.2 Å². The molecule has 2 aliphatic rings. The van der Waals surface area contributed by atoms with E-state index >= 15 is 0 Å². The molecule has 2 aliphatic heterocycles. The topological polar surface area (TPSA) is 152 Å². The van der Waals surface area contributed by atoms with Crippen molar-refractivity contribution < 1.29 is 28.7 Å². The number of methoxy groups -OCH3 is 2. The fourth-order valence-corrected chi connectivity index (χ4v) is 9.48. The Morgan fingerprint density at radius 3 is 1.27 bits per heavy atom. The molecule has 66 heavy (non-hydrogen) atoms. The zero-order valence-corrected chi connectivity index (χ0v) is 40.5. The molecule has 2 heterocycles. The van der Waals surface area contributed by atoms with E-state index in [1.807, 2.05) is 84.9 Å². The first-order chi connectivity index (χ1) is 30.9. The third-order valence-electron chi connectivity index (χ3n) is 11.9. The summed E-state index contributed by atoms with van der Waals surface area (Å²) in [7, 11) is 3.18. The van der Waals surface area contributed by atoms with Crippen molar-refractivity contribution in [1.29, 1.82) is 0 Å². The summed E-state index contributed by atoms with van der Waals surface area (Å²) in [6.07, 6.45) is 0. The Morgan fingerprint density at radius 2 is 0.909 bits per heavy atom. The first-order valence-electron chi connectivity index (χ1n) is 20.5. The van der Waals surface area contributed by atoms with Crippen LogP contribution in [0.5, 0.6) is 11.5 Å². The molecule has 0 fully saturated rings. The predicted molar refractivity (Wildman–Crippen MR) is 272 cm³/mol. The molecule has 4 N–H and O–H groups in total. The number of nitrogens with zero attached hydrogens (tertiary/aromatic N) is 4. The monoisotopic (exact) mass is 1050 g/mol. The van der Waals surface area contributed by atoms with Crippen LogP contribution in [0.3, 0.4) is 0 Å². The minimum atomic E-state index is -1.05. The number of hydrogen-bond acceptors (Lipinski definition) is 8. The lowest BCUT2D eigenvalue weighted by molar-refractivity contribution is -0.120. The molecule has 16 heteroatoms. The number of amides is 4. The van der Waals surface area contributed by atoms with Crippen LogP contribution < -0.4 is 40.5 Å². The van der Waals surface area contributed by atoms with E-state index in [4.69, 9.17) is 20.9 Å². The molecule has 0 aliphatic carbocycles. The van der Waals surface area contributed by atoms with Crippen LogP contribution in [0.2, 0.25) is 0 Å². The molecule has 9 rings (SSSR count). The second-order valence-corrected chi connectivity index (χ2v) is 17.5. The maximum Gasteiger partial charge on any atom is 0.258 e. The molecule has 0 unspecified atom stereocenters. The zero-order chi connectivity index (χ0) is 44.8. The summed E-state index contributed by atoms with van der Waals surface area (Å²) in [4.78, 5) is 63.6. The van der Waals surface area contributed by atoms with Gasteiger partial charge in [-0.3, -0.25) is 19.2 Å². The van der Waals surface area contributed by atoms with Crippen molar-refractivity contribution in [2.45, 2.75) is 25.2 Å². The molecule has 2 atom stereocenters. The molecule has 0 radical (unpaired) electrons. The van der Waals surface area contributed by atoms with Crippen LogP contribution in [0.25, 0.3) is 21.5 Å². The van der Waals surface area contributed by atoms with Crippen molar-refractivity contribution in [1.82, 2.24) is 0 Å². The van der Waals surface area contributed by atoms with Gasteiger partial charge in [-0.2, -0.15) is 0 Å². The molecular formula is C50H44Br2Cl2N6O6. The van der Waals surface area contributed by atoms with Crippen LogP contribution in [0.4, 0.5) is 22.7 Å². The van der Waals surface area contributed by atoms with Gasteiger partial charge in [0.05, 0.1) is 63.1 Å². The average molecular weight is 1060 g/mol. The van der Waals surface area contributed by atoms with Crippen molar-refractivity contribution >= 4 is 125 Å². The summed E-state index contributed by atoms with van der Waals surface area (Å²) >= 11 is 7.11. The number of benzene rings is 7. The van der Waals surface area contributed by atoms with Gasteiger partial charge >= 0.3 is 0 Å². The number of carbonyl (C=O) groups is 4. The lowest BCUT2D eigenvalue weighted by Crippen LogP contribution is -2.48. The first kappa shape index (κ1) is 47.9. The molecule has 0 saturated heterocycles. The fourth-order valence-electron chi connectivity index (χ4n) is 8.72. The van der Waals surface area contributed by atoms with E-state index in [0.29, 0.717) is 34.2 Å². The summed E-state index contributed by atoms with van der Waals surface area (Å²) in [6.45, 7) is 0.126. The lowest BCUT2D eigenvalue weighted by Gasteiger charge is -2.27. The van der Waals surface area contributed by atoms with Gasteiger partial charge in [-0.1, -0.05) is 80.4 Å². The van der Waals surface area contributed by atoms with E-state index in [-0.39, 0.29) is 73.9 Å². The Hall–Kier alpha value is -6.00. The zero-order valence-electron chi connectivity index (χ0n) is 35.7. The van der Waals surface area contributed by atoms with Gasteiger partial charge in [0.2, 0.25) is 11.8 Å². The van der Waals surface area contributed by atoms with E-state index < -0.39 is 23.9 Å². The average Bonchev–Trinajstić information content (AvgIpc) is 3.48. The van der Waals surface area contributed by atoms with Crippen LogP contribution in [0.15, 0.2) is 142 Å². The quantitative estimate of drug-likeness (QED) is 0.153. The lowest BCUT2D eigenvalue weighted by atomic mass is 10.0. The van der Waals surface area contributed by atoms with Crippen LogP contribution in [0, 0.1) is 0 Å². The van der Waals surface area contributed by atoms with E-state index in [2.05, 4.69) is 31.9 Å². The summed E-state index contributed by atoms with van der Waals surface area (Å²) in [5.74, 6) is -0.266. The van der Waals surface area contributed by atoms with Gasteiger partial charge in [-0.25, -0.2) is 0 Å². The normalized spacial score (nSPS) is 15.8. The number of ether oxygens (including phenoxy) is 2. The second kappa shape index (κ2) is 19.8. The van der Waals surface area contributed by atoms with Crippen LogP contribution in [-0.2, 0) is 22.7 Å². The molecule has 0 spiro atoms. The number of halogens is 4. The van der Waals surface area contributed by atoms with Crippen LogP contribution in [-0.4, -0.2) is 63.0 Å². The Labute approximate surface area is 410 Å². The third-order valence-corrected chi connectivity index (χ3v) is 12.9. The summed E-state index contributed by atoms with van der Waals surface area (Å²) in [6, 6.07) is 38.2. The summed E-state index contributed by atoms with van der Waals surface area (Å²) in [5, 5.41) is 3.76. The molecule has 12 nitrogen and oxygen atoms in total. The van der Waals surface area contributed by atoms with Gasteiger partial charge in [-0.15, -0.1) is 24.8 Å². The molecular weight excluding hydrogens is 1010 g/mol. The molecule has 7 aromatic carbocycles. The smallest absolute Gasteiger partial charge is 0.258 e. The Morgan fingerprint density at radius 1 is 0.545 bits per heavy atom. The fraction of sp³-hybridized carbons (Fsp3) is 0.160. The van der Waals surface area contributed by atoms with Crippen molar-refractivity contribution in [2.24, 2.45) is 11.5 Å². The van der Waals surface area contributed by atoms with Crippen LogP contribution >= 0.6 is 56.7 Å². The minimum Gasteiger partial charge on any atom is -0.496 e. The standard InChI is InChI=1S/C50H42Br2N6O6.2ClH/c1-63-45-21-15-31-23-33(51)17-19-35(31)37(45)25-55-41-7-3-5-9-43(41)57(27-39(53)49(55)61)47(59)29-11-13-30(14-12-29)48(60)58-28-40(54)50(62)56(42-8-4-6-10-44(42)58)26-38-36-20-18-34(52)24-32(36)16-22-46(38)64-2;;/h3-24,39-40H,25-28,53-54H2,1-2H3;2*1H/t39-,40-;;/m0../s1. The SMILES string of the molecule is COc1ccc2cc(Br)ccc2c1CN1C(=O)[C@@H](N)CN(C(=O)c2ccc(C(=O)N3C[C@H](N)C(=O)N(Cc4c(OC)ccc5cc(Br)ccc45)c4ccccc43)cc2)c2ccccc21.Cl.Cl. The van der Waals surface area contributed by atoms with Gasteiger partial charge in [0.1, 0.15) is 23.6 Å². The van der Waals surface area contributed by atoms with Gasteiger partial charge in [0.15, 0.2) is 0 Å². The van der Waals surface area contributed by atoms with E-state index in [9.17, 15) is 19.2 Å². The summed E-state index contributed by atoms with van der Waals surface area (Å²) < 4.78 is 13.4. The van der Waals surface area contributed by atoms with E-state index in [1.54, 1.807) is 72.6 Å². The highest BCUT2D eigenvalue weighted by atomic mass is 79.9. The van der Waals surface area contributed by atoms with Gasteiger partial charge < -0.3 is 40.5 Å². The van der Waals surface area contributed by atoms with Crippen molar-refractivity contribution in [2.75, 3.05) is 46.9 Å².